The zero-order valence-corrected chi connectivity index (χ0v) is 17.6. The van der Waals surface area contributed by atoms with Crippen molar-refractivity contribution in [2.45, 2.75) is 26.2 Å². The van der Waals surface area contributed by atoms with Crippen molar-refractivity contribution in [2.75, 3.05) is 33.3 Å². The van der Waals surface area contributed by atoms with Crippen LogP contribution in [0.2, 0.25) is 0 Å². The lowest BCUT2D eigenvalue weighted by molar-refractivity contribution is -0.119. The minimum absolute atomic E-state index is 0.0244. The number of amides is 1. The molecule has 1 amide bonds. The van der Waals surface area contributed by atoms with Crippen molar-refractivity contribution >= 4 is 17.6 Å². The fourth-order valence-electron chi connectivity index (χ4n) is 2.72. The van der Waals surface area contributed by atoms with E-state index in [1.807, 2.05) is 24.3 Å². The average Bonchev–Trinajstić information content (AvgIpc) is 2.70. The monoisotopic (exact) mass is 401 g/mol. The lowest BCUT2D eigenvalue weighted by Gasteiger charge is -2.19. The molecule has 2 aromatic rings. The summed E-state index contributed by atoms with van der Waals surface area (Å²) in [5.41, 5.74) is 1.94. The van der Waals surface area contributed by atoms with Gasteiger partial charge in [0.05, 0.1) is 21.3 Å². The van der Waals surface area contributed by atoms with Crippen molar-refractivity contribution < 1.29 is 28.5 Å². The van der Waals surface area contributed by atoms with Gasteiger partial charge in [0.25, 0.3) is 5.91 Å². The van der Waals surface area contributed by atoms with Crippen LogP contribution >= 0.6 is 0 Å². The minimum atomic E-state index is -0.707. The Morgan fingerprint density at radius 1 is 0.862 bits per heavy atom. The number of hydrogen-bond acceptors (Lipinski definition) is 6. The molecule has 0 aliphatic heterocycles. The highest BCUT2D eigenvalue weighted by Crippen LogP contribution is 2.39. The molecule has 2 aromatic carbocycles. The molecule has 0 radical (unpaired) electrons. The zero-order valence-electron chi connectivity index (χ0n) is 17.6. The van der Waals surface area contributed by atoms with Gasteiger partial charge in [-0.2, -0.15) is 0 Å². The van der Waals surface area contributed by atoms with Gasteiger partial charge in [0, 0.05) is 5.69 Å². The number of rotatable bonds is 7. The predicted molar refractivity (Wildman–Crippen MR) is 110 cm³/mol. The maximum atomic E-state index is 12.4. The summed E-state index contributed by atoms with van der Waals surface area (Å²) in [6.45, 7) is 5.91. The quantitative estimate of drug-likeness (QED) is 0.711. The third-order valence-electron chi connectivity index (χ3n) is 4.29. The molecule has 0 unspecified atom stereocenters. The number of methoxy groups -OCH3 is 3. The molecule has 29 heavy (non-hydrogen) atoms. The summed E-state index contributed by atoms with van der Waals surface area (Å²) in [6, 6.07) is 10.6. The van der Waals surface area contributed by atoms with Crippen LogP contribution < -0.4 is 19.5 Å². The summed E-state index contributed by atoms with van der Waals surface area (Å²) < 4.78 is 20.8. The van der Waals surface area contributed by atoms with Gasteiger partial charge >= 0.3 is 5.97 Å². The van der Waals surface area contributed by atoms with E-state index in [9.17, 15) is 9.59 Å². The second-order valence-corrected chi connectivity index (χ2v) is 7.33. The molecule has 0 aliphatic rings. The molecule has 7 heteroatoms. The lowest BCUT2D eigenvalue weighted by Crippen LogP contribution is -2.21. The number of hydrogen-bond donors (Lipinski definition) is 1. The second kappa shape index (κ2) is 9.32. The van der Waals surface area contributed by atoms with Crippen molar-refractivity contribution in [1.29, 1.82) is 0 Å². The Bertz CT molecular complexity index is 868. The molecule has 0 fully saturated rings. The van der Waals surface area contributed by atoms with Crippen LogP contribution in [-0.4, -0.2) is 39.8 Å². The Morgan fingerprint density at radius 3 is 2.00 bits per heavy atom. The zero-order chi connectivity index (χ0) is 21.6. The Balaban J connectivity index is 2.03. The van der Waals surface area contributed by atoms with E-state index in [0.717, 1.165) is 5.56 Å². The van der Waals surface area contributed by atoms with Gasteiger partial charge in [-0.1, -0.05) is 32.9 Å². The van der Waals surface area contributed by atoms with Crippen LogP contribution in [0.15, 0.2) is 36.4 Å². The highest BCUT2D eigenvalue weighted by Gasteiger charge is 2.22. The first-order valence-electron chi connectivity index (χ1n) is 9.07. The van der Waals surface area contributed by atoms with Gasteiger partial charge in [-0.3, -0.25) is 4.79 Å². The van der Waals surface area contributed by atoms with E-state index in [0.29, 0.717) is 11.4 Å². The van der Waals surface area contributed by atoms with E-state index in [4.69, 9.17) is 18.9 Å². The van der Waals surface area contributed by atoms with E-state index in [1.165, 1.54) is 27.4 Å². The van der Waals surface area contributed by atoms with Crippen LogP contribution in [0.5, 0.6) is 17.2 Å². The number of carbonyl (C=O) groups excluding carboxylic acids is 2. The summed E-state index contributed by atoms with van der Waals surface area (Å²) in [5, 5.41) is 2.70. The van der Waals surface area contributed by atoms with Gasteiger partial charge in [-0.05, 0) is 35.2 Å². The van der Waals surface area contributed by atoms with Gasteiger partial charge in [0.2, 0.25) is 5.75 Å². The van der Waals surface area contributed by atoms with Crippen LogP contribution in [-0.2, 0) is 14.9 Å². The maximum absolute atomic E-state index is 12.4. The van der Waals surface area contributed by atoms with Gasteiger partial charge in [0.15, 0.2) is 18.1 Å². The van der Waals surface area contributed by atoms with Gasteiger partial charge in [0.1, 0.15) is 5.56 Å². The van der Waals surface area contributed by atoms with Crippen LogP contribution in [0.1, 0.15) is 36.7 Å². The molecule has 0 aromatic heterocycles. The fourth-order valence-corrected chi connectivity index (χ4v) is 2.72. The molecule has 7 nitrogen and oxygen atoms in total. The number of esters is 1. The Hall–Kier alpha value is -3.22. The van der Waals surface area contributed by atoms with Gasteiger partial charge in [-0.15, -0.1) is 0 Å². The molecule has 156 valence electrons. The molecular formula is C22H27NO6. The number of benzene rings is 2. The van der Waals surface area contributed by atoms with E-state index in [1.54, 1.807) is 6.07 Å². The number of carbonyl (C=O) groups is 2. The maximum Gasteiger partial charge on any atom is 0.342 e. The molecule has 0 saturated carbocycles. The molecule has 0 heterocycles. The molecule has 0 aliphatic carbocycles. The lowest BCUT2D eigenvalue weighted by atomic mass is 9.87. The van der Waals surface area contributed by atoms with Crippen LogP contribution in [0.25, 0.3) is 0 Å². The first-order chi connectivity index (χ1) is 13.7. The number of anilines is 1. The smallest absolute Gasteiger partial charge is 0.342 e. The summed E-state index contributed by atoms with van der Waals surface area (Å²) >= 11 is 0. The molecule has 0 saturated heterocycles. The van der Waals surface area contributed by atoms with Crippen LogP contribution in [0.4, 0.5) is 5.69 Å². The van der Waals surface area contributed by atoms with E-state index in [-0.39, 0.29) is 22.5 Å². The number of ether oxygens (including phenoxy) is 4. The van der Waals surface area contributed by atoms with Crippen LogP contribution in [0, 0.1) is 0 Å². The van der Waals surface area contributed by atoms with Crippen molar-refractivity contribution in [3.05, 3.63) is 47.5 Å². The van der Waals surface area contributed by atoms with Crippen molar-refractivity contribution in [3.63, 3.8) is 0 Å². The Kier molecular flexibility index (Phi) is 7.09. The SMILES string of the molecule is COc1ccc(C(=O)OCC(=O)Nc2ccc(C(C)(C)C)cc2)c(OC)c1OC. The molecule has 0 atom stereocenters. The first kappa shape index (κ1) is 22.1. The Morgan fingerprint density at radius 2 is 1.48 bits per heavy atom. The largest absolute Gasteiger partial charge is 0.493 e. The standard InChI is InChI=1S/C22H27NO6/c1-22(2,3)14-7-9-15(10-8-14)23-18(24)13-29-21(25)16-11-12-17(26-4)20(28-6)19(16)27-5/h7-12H,13H2,1-6H3,(H,23,24). The minimum Gasteiger partial charge on any atom is -0.493 e. The van der Waals surface area contributed by atoms with Crippen molar-refractivity contribution in [2.24, 2.45) is 0 Å². The van der Waals surface area contributed by atoms with E-state index in [2.05, 4.69) is 26.1 Å². The molecule has 0 spiro atoms. The van der Waals surface area contributed by atoms with E-state index < -0.39 is 18.5 Å². The van der Waals surface area contributed by atoms with Gasteiger partial charge in [-0.25, -0.2) is 4.79 Å². The summed E-state index contributed by atoms with van der Waals surface area (Å²) in [7, 11) is 4.32. The van der Waals surface area contributed by atoms with E-state index >= 15 is 0 Å². The second-order valence-electron chi connectivity index (χ2n) is 7.33. The molecule has 0 bridgehead atoms. The molecular weight excluding hydrogens is 374 g/mol. The van der Waals surface area contributed by atoms with Gasteiger partial charge < -0.3 is 24.3 Å². The first-order valence-corrected chi connectivity index (χ1v) is 9.07. The predicted octanol–water partition coefficient (Wildman–Crippen LogP) is 3.81. The topological polar surface area (TPSA) is 83.1 Å². The third kappa shape index (κ3) is 5.40. The molecule has 1 N–H and O–H groups in total. The third-order valence-corrected chi connectivity index (χ3v) is 4.29. The highest BCUT2D eigenvalue weighted by molar-refractivity contribution is 5.97. The number of nitrogens with one attached hydrogen (secondary N) is 1. The normalized spacial score (nSPS) is 10.8. The average molecular weight is 401 g/mol. The van der Waals surface area contributed by atoms with Crippen molar-refractivity contribution in [1.82, 2.24) is 0 Å². The Labute approximate surface area is 170 Å². The summed E-state index contributed by atoms with van der Waals surface area (Å²) in [5.74, 6) is -0.289. The van der Waals surface area contributed by atoms with Crippen LogP contribution in [0.3, 0.4) is 0 Å². The summed E-state index contributed by atoms with van der Waals surface area (Å²) in [6.07, 6.45) is 0. The van der Waals surface area contributed by atoms with Crippen molar-refractivity contribution in [3.8, 4) is 17.2 Å². The molecule has 2 rings (SSSR count). The highest BCUT2D eigenvalue weighted by atomic mass is 16.5. The fraction of sp³-hybridized carbons (Fsp3) is 0.364. The summed E-state index contributed by atoms with van der Waals surface area (Å²) in [4.78, 5) is 24.6.